The summed E-state index contributed by atoms with van der Waals surface area (Å²) in [6.45, 7) is 6.99. The fourth-order valence-electron chi connectivity index (χ4n) is 9.76. The Bertz CT molecular complexity index is 3750. The molecule has 0 amide bonds. The molecule has 0 unspecified atom stereocenters. The summed E-state index contributed by atoms with van der Waals surface area (Å²) in [5, 5.41) is 12.7. The van der Waals surface area contributed by atoms with Gasteiger partial charge in [0.1, 0.15) is 0 Å². The van der Waals surface area contributed by atoms with E-state index in [0.717, 1.165) is 11.4 Å². The van der Waals surface area contributed by atoms with E-state index in [4.69, 9.17) is 0 Å². The molecule has 0 aliphatic rings. The van der Waals surface area contributed by atoms with Gasteiger partial charge in [0.05, 0.1) is 10.4 Å². The van der Waals surface area contributed by atoms with Crippen molar-refractivity contribution in [2.75, 3.05) is 4.90 Å². The summed E-state index contributed by atoms with van der Waals surface area (Å²) >= 11 is 1.93. The van der Waals surface area contributed by atoms with Gasteiger partial charge >= 0.3 is 0 Å². The number of rotatable bonds is 6. The van der Waals surface area contributed by atoms with Crippen molar-refractivity contribution in [2.45, 2.75) is 26.2 Å². The van der Waals surface area contributed by atoms with E-state index in [0.29, 0.717) is 0 Å². The Balaban J connectivity index is 0.979. The average Bonchev–Trinajstić information content (AvgIpc) is 3.74. The van der Waals surface area contributed by atoms with Gasteiger partial charge in [-0.2, -0.15) is 0 Å². The molecular formula is C62H45NS. The molecule has 1 nitrogen and oxygen atoms in total. The van der Waals surface area contributed by atoms with Crippen LogP contribution in [0.5, 0.6) is 0 Å². The Morgan fingerprint density at radius 3 is 1.25 bits per heavy atom. The second kappa shape index (κ2) is 15.1. The minimum absolute atomic E-state index is 0.00669. The fourth-order valence-corrected chi connectivity index (χ4v) is 11.3. The molecule has 0 bridgehead atoms. The SMILES string of the molecule is CC(C)(C)c1cccc2c1sc1c(N(c3ccc(-c4ccc5ccccc5c4)cc3)c3ccc(-c4ccc5cc(-c6ccc7ccccc7c6)ccc5c4)cc3)cc3ccccc3c12. The lowest BCUT2D eigenvalue weighted by molar-refractivity contribution is 0.597. The van der Waals surface area contributed by atoms with Crippen molar-refractivity contribution >= 4 is 91.7 Å². The molecule has 0 spiro atoms. The smallest absolute Gasteiger partial charge is 0.0646 e. The van der Waals surface area contributed by atoms with Crippen LogP contribution in [0.2, 0.25) is 0 Å². The maximum absolute atomic E-state index is 2.48. The Morgan fingerprint density at radius 2 is 0.734 bits per heavy atom. The molecule has 0 aliphatic carbocycles. The number of fused-ring (bicyclic) bond motifs is 8. The molecule has 11 aromatic carbocycles. The van der Waals surface area contributed by atoms with E-state index in [1.807, 2.05) is 11.3 Å². The van der Waals surface area contributed by atoms with Crippen molar-refractivity contribution in [3.63, 3.8) is 0 Å². The first kappa shape index (κ1) is 38.2. The highest BCUT2D eigenvalue weighted by molar-refractivity contribution is 7.26. The van der Waals surface area contributed by atoms with Crippen molar-refractivity contribution in [1.29, 1.82) is 0 Å². The minimum Gasteiger partial charge on any atom is -0.309 e. The monoisotopic (exact) mass is 835 g/mol. The lowest BCUT2D eigenvalue weighted by Gasteiger charge is -2.27. The summed E-state index contributed by atoms with van der Waals surface area (Å²) in [5.74, 6) is 0. The molecule has 12 rings (SSSR count). The third-order valence-electron chi connectivity index (χ3n) is 13.1. The maximum atomic E-state index is 2.48. The predicted octanol–water partition coefficient (Wildman–Crippen LogP) is 18.4. The Morgan fingerprint density at radius 1 is 0.328 bits per heavy atom. The van der Waals surface area contributed by atoms with Crippen LogP contribution in [-0.4, -0.2) is 0 Å². The summed E-state index contributed by atoms with van der Waals surface area (Å²) in [6, 6.07) is 80.9. The number of hydrogen-bond donors (Lipinski definition) is 0. The van der Waals surface area contributed by atoms with Gasteiger partial charge in [-0.1, -0.05) is 185 Å². The van der Waals surface area contributed by atoms with E-state index < -0.39 is 0 Å². The second-order valence-corrected chi connectivity index (χ2v) is 19.2. The molecular weight excluding hydrogens is 791 g/mol. The van der Waals surface area contributed by atoms with Crippen LogP contribution in [0.15, 0.2) is 218 Å². The highest BCUT2D eigenvalue weighted by Crippen LogP contribution is 2.50. The second-order valence-electron chi connectivity index (χ2n) is 18.2. The van der Waals surface area contributed by atoms with E-state index in [2.05, 4.69) is 244 Å². The highest BCUT2D eigenvalue weighted by Gasteiger charge is 2.24. The topological polar surface area (TPSA) is 3.24 Å². The molecule has 64 heavy (non-hydrogen) atoms. The standard InChI is InChI=1S/C62H45NS/c1-62(2,3)57-18-10-17-56-59-55-16-9-8-15-52(55)39-58(61(59)64-60(56)57)63(53-31-27-42(28-32-53)46-21-19-40-11-4-6-13-44(40)35-46)54-33-29-43(30-34-54)47-23-24-50-38-51(26-25-49(50)37-47)48-22-20-41-12-5-7-14-45(41)36-48/h4-39H,1-3H3. The molecule has 0 radical (unpaired) electrons. The van der Waals surface area contributed by atoms with Gasteiger partial charge in [0.25, 0.3) is 0 Å². The van der Waals surface area contributed by atoms with Crippen LogP contribution in [0.25, 0.3) is 96.6 Å². The van der Waals surface area contributed by atoms with Gasteiger partial charge in [0.2, 0.25) is 0 Å². The van der Waals surface area contributed by atoms with Gasteiger partial charge in [-0.3, -0.25) is 0 Å². The molecule has 304 valence electrons. The first-order valence-electron chi connectivity index (χ1n) is 22.2. The Labute approximate surface area is 378 Å². The molecule has 0 aliphatic heterocycles. The molecule has 0 saturated carbocycles. The van der Waals surface area contributed by atoms with Crippen LogP contribution < -0.4 is 4.90 Å². The van der Waals surface area contributed by atoms with Crippen molar-refractivity contribution in [3.05, 3.63) is 224 Å². The maximum Gasteiger partial charge on any atom is 0.0646 e. The first-order chi connectivity index (χ1) is 31.3. The van der Waals surface area contributed by atoms with Crippen LogP contribution in [0, 0.1) is 0 Å². The molecule has 0 N–H and O–H groups in total. The van der Waals surface area contributed by atoms with Crippen molar-refractivity contribution in [1.82, 2.24) is 0 Å². The van der Waals surface area contributed by atoms with Gasteiger partial charge in [-0.05, 0) is 142 Å². The van der Waals surface area contributed by atoms with Crippen molar-refractivity contribution in [2.24, 2.45) is 0 Å². The first-order valence-corrected chi connectivity index (χ1v) is 23.0. The highest BCUT2D eigenvalue weighted by atomic mass is 32.1. The zero-order valence-corrected chi connectivity index (χ0v) is 37.0. The van der Waals surface area contributed by atoms with Crippen LogP contribution >= 0.6 is 11.3 Å². The molecule has 0 atom stereocenters. The summed E-state index contributed by atoms with van der Waals surface area (Å²) in [6.07, 6.45) is 0. The van der Waals surface area contributed by atoms with Gasteiger partial charge in [0, 0.05) is 26.8 Å². The summed E-state index contributed by atoms with van der Waals surface area (Å²) in [7, 11) is 0. The lowest BCUT2D eigenvalue weighted by atomic mass is 9.86. The number of nitrogens with zero attached hydrogens (tertiary/aromatic N) is 1. The van der Waals surface area contributed by atoms with Crippen LogP contribution in [0.1, 0.15) is 26.3 Å². The lowest BCUT2D eigenvalue weighted by Crippen LogP contribution is -2.10. The number of thiophene rings is 1. The zero-order chi connectivity index (χ0) is 42.9. The predicted molar refractivity (Wildman–Crippen MR) is 279 cm³/mol. The molecule has 0 saturated heterocycles. The Kier molecular flexibility index (Phi) is 9.00. The number of benzene rings is 11. The third-order valence-corrected chi connectivity index (χ3v) is 14.4. The fraction of sp³-hybridized carbons (Fsp3) is 0.0645. The summed E-state index contributed by atoms with van der Waals surface area (Å²) in [4.78, 5) is 2.48. The van der Waals surface area contributed by atoms with E-state index in [9.17, 15) is 0 Å². The molecule has 1 heterocycles. The zero-order valence-electron chi connectivity index (χ0n) is 36.1. The van der Waals surface area contributed by atoms with Crippen LogP contribution in [0.3, 0.4) is 0 Å². The van der Waals surface area contributed by atoms with Gasteiger partial charge in [0.15, 0.2) is 0 Å². The minimum atomic E-state index is 0.00669. The number of anilines is 3. The quantitative estimate of drug-likeness (QED) is 0.161. The Hall–Kier alpha value is -7.52. The molecule has 2 heteroatoms. The summed E-state index contributed by atoms with van der Waals surface area (Å²) in [5.41, 5.74) is 12.1. The largest absolute Gasteiger partial charge is 0.309 e. The van der Waals surface area contributed by atoms with Gasteiger partial charge < -0.3 is 4.90 Å². The number of hydrogen-bond acceptors (Lipinski definition) is 2. The average molecular weight is 836 g/mol. The van der Waals surface area contributed by atoms with Crippen LogP contribution in [0.4, 0.5) is 17.1 Å². The van der Waals surface area contributed by atoms with E-state index >= 15 is 0 Å². The molecule has 1 aromatic heterocycles. The van der Waals surface area contributed by atoms with Crippen molar-refractivity contribution < 1.29 is 0 Å². The van der Waals surface area contributed by atoms with Gasteiger partial charge in [-0.15, -0.1) is 11.3 Å². The molecule has 0 fully saturated rings. The molecule has 12 aromatic rings. The van der Waals surface area contributed by atoms with E-state index in [1.165, 1.54) is 108 Å². The van der Waals surface area contributed by atoms with Gasteiger partial charge in [-0.25, -0.2) is 0 Å². The summed E-state index contributed by atoms with van der Waals surface area (Å²) < 4.78 is 2.66. The third kappa shape index (κ3) is 6.61. The van der Waals surface area contributed by atoms with Crippen molar-refractivity contribution in [3.8, 4) is 33.4 Å². The van der Waals surface area contributed by atoms with E-state index in [-0.39, 0.29) is 5.41 Å². The normalized spacial score (nSPS) is 12.0. The van der Waals surface area contributed by atoms with Crippen LogP contribution in [-0.2, 0) is 5.41 Å². The van der Waals surface area contributed by atoms with E-state index in [1.54, 1.807) is 0 Å².